The van der Waals surface area contributed by atoms with Crippen molar-refractivity contribution in [3.63, 3.8) is 0 Å². The Kier molecular flexibility index (Phi) is 6.01. The van der Waals surface area contributed by atoms with Gasteiger partial charge < -0.3 is 10.2 Å². The maximum Gasteiger partial charge on any atom is 0.267 e. The normalized spacial score (nSPS) is 15.9. The van der Waals surface area contributed by atoms with Crippen LogP contribution in [0.25, 0.3) is 0 Å². The van der Waals surface area contributed by atoms with Gasteiger partial charge in [0.25, 0.3) is 15.9 Å². The van der Waals surface area contributed by atoms with E-state index in [0.29, 0.717) is 11.5 Å². The van der Waals surface area contributed by atoms with Gasteiger partial charge >= 0.3 is 0 Å². The average Bonchev–Trinajstić information content (AvgIpc) is 3.17. The largest absolute Gasteiger partial charge is 0.339 e. The Hall–Kier alpha value is -2.12. The summed E-state index contributed by atoms with van der Waals surface area (Å²) < 4.78 is 26.6. The zero-order valence-electron chi connectivity index (χ0n) is 15.9. The van der Waals surface area contributed by atoms with Gasteiger partial charge in [-0.05, 0) is 63.9 Å². The molecule has 0 atom stereocenters. The summed E-state index contributed by atoms with van der Waals surface area (Å²) in [6.07, 6.45) is 5.99. The molecular formula is C20H27N3O3S. The predicted octanol–water partition coefficient (Wildman–Crippen LogP) is 2.50. The molecule has 1 saturated heterocycles. The van der Waals surface area contributed by atoms with E-state index in [2.05, 4.69) is 5.32 Å². The first-order valence-electron chi connectivity index (χ1n) is 9.36. The molecule has 0 radical (unpaired) electrons. The number of carbonyl (C=O) groups is 1. The van der Waals surface area contributed by atoms with Crippen LogP contribution in [0.3, 0.4) is 0 Å². The lowest BCUT2D eigenvalue weighted by molar-refractivity contribution is 0.0687. The molecule has 1 aromatic heterocycles. The summed E-state index contributed by atoms with van der Waals surface area (Å²) in [6.45, 7) is 4.36. The van der Waals surface area contributed by atoms with Crippen molar-refractivity contribution in [2.45, 2.75) is 31.1 Å². The third kappa shape index (κ3) is 4.42. The second kappa shape index (κ2) is 8.27. The molecule has 1 N–H and O–H groups in total. The van der Waals surface area contributed by atoms with E-state index < -0.39 is 10.0 Å². The fourth-order valence-electron chi connectivity index (χ4n) is 3.44. The van der Waals surface area contributed by atoms with Gasteiger partial charge in [0.15, 0.2) is 0 Å². The summed E-state index contributed by atoms with van der Waals surface area (Å²) in [6, 6.07) is 8.28. The van der Waals surface area contributed by atoms with Crippen LogP contribution in [0.2, 0.25) is 0 Å². The highest BCUT2D eigenvalue weighted by molar-refractivity contribution is 7.90. The fraction of sp³-hybridized carbons (Fsp3) is 0.450. The molecule has 1 amide bonds. The number of aryl methyl sites for hydroxylation is 1. The van der Waals surface area contributed by atoms with Crippen LogP contribution in [0.1, 0.15) is 35.2 Å². The van der Waals surface area contributed by atoms with Crippen LogP contribution in [0.5, 0.6) is 0 Å². The third-order valence-electron chi connectivity index (χ3n) is 5.22. The quantitative estimate of drug-likeness (QED) is 0.824. The Labute approximate surface area is 161 Å². The number of likely N-dealkylation sites (tertiary alicyclic amines) is 1. The Morgan fingerprint density at radius 1 is 1.15 bits per heavy atom. The van der Waals surface area contributed by atoms with Crippen LogP contribution >= 0.6 is 0 Å². The van der Waals surface area contributed by atoms with Crippen molar-refractivity contribution in [2.24, 2.45) is 5.92 Å². The van der Waals surface area contributed by atoms with Gasteiger partial charge in [-0.15, -0.1) is 0 Å². The number of rotatable bonds is 6. The van der Waals surface area contributed by atoms with Crippen molar-refractivity contribution < 1.29 is 13.2 Å². The lowest BCUT2D eigenvalue weighted by atomic mass is 9.93. The second-order valence-corrected chi connectivity index (χ2v) is 9.02. The Morgan fingerprint density at radius 2 is 1.81 bits per heavy atom. The molecule has 0 bridgehead atoms. The number of carbonyl (C=O) groups excluding carboxylic acids is 1. The molecule has 0 aliphatic carbocycles. The van der Waals surface area contributed by atoms with Crippen molar-refractivity contribution in [1.82, 2.24) is 14.2 Å². The molecule has 3 rings (SSSR count). The van der Waals surface area contributed by atoms with Gasteiger partial charge in [0, 0.05) is 25.5 Å². The summed E-state index contributed by atoms with van der Waals surface area (Å²) in [5.41, 5.74) is 1.41. The topological polar surface area (TPSA) is 71.4 Å². The minimum atomic E-state index is -3.68. The van der Waals surface area contributed by atoms with E-state index in [1.807, 2.05) is 18.9 Å². The van der Waals surface area contributed by atoms with Gasteiger partial charge in [0.2, 0.25) is 0 Å². The van der Waals surface area contributed by atoms with Crippen LogP contribution in [-0.4, -0.2) is 49.9 Å². The number of nitrogens with one attached hydrogen (secondary N) is 1. The fourth-order valence-corrected chi connectivity index (χ4v) is 4.64. The molecule has 0 unspecified atom stereocenters. The van der Waals surface area contributed by atoms with E-state index in [4.69, 9.17) is 0 Å². The first-order chi connectivity index (χ1) is 12.9. The minimum Gasteiger partial charge on any atom is -0.339 e. The number of aromatic nitrogens is 1. The average molecular weight is 390 g/mol. The molecule has 1 aromatic carbocycles. The van der Waals surface area contributed by atoms with Crippen molar-refractivity contribution >= 4 is 15.9 Å². The SMILES string of the molecule is CNCCC1CCN(C(=O)c2ccn(S(=O)(=O)c3ccc(C)cc3)c2)CC1. The zero-order chi connectivity index (χ0) is 19.4. The maximum atomic E-state index is 12.7. The molecule has 7 heteroatoms. The van der Waals surface area contributed by atoms with E-state index in [-0.39, 0.29) is 10.8 Å². The summed E-state index contributed by atoms with van der Waals surface area (Å²) >= 11 is 0. The molecule has 1 fully saturated rings. The molecule has 27 heavy (non-hydrogen) atoms. The van der Waals surface area contributed by atoms with Crippen LogP contribution < -0.4 is 5.32 Å². The summed E-state index contributed by atoms with van der Waals surface area (Å²) in [4.78, 5) is 14.8. The van der Waals surface area contributed by atoms with Crippen molar-refractivity contribution in [3.05, 3.63) is 53.9 Å². The van der Waals surface area contributed by atoms with Crippen molar-refractivity contribution in [3.8, 4) is 0 Å². The van der Waals surface area contributed by atoms with Gasteiger partial charge in [-0.25, -0.2) is 12.4 Å². The molecule has 1 aliphatic heterocycles. The molecule has 1 aliphatic rings. The van der Waals surface area contributed by atoms with E-state index >= 15 is 0 Å². The monoisotopic (exact) mass is 389 g/mol. The van der Waals surface area contributed by atoms with Crippen molar-refractivity contribution in [1.29, 1.82) is 0 Å². The summed E-state index contributed by atoms with van der Waals surface area (Å²) in [7, 11) is -1.73. The van der Waals surface area contributed by atoms with Crippen LogP contribution in [0, 0.1) is 12.8 Å². The first kappa shape index (κ1) is 19.6. The number of amides is 1. The zero-order valence-corrected chi connectivity index (χ0v) is 16.7. The smallest absolute Gasteiger partial charge is 0.267 e. The van der Waals surface area contributed by atoms with Crippen LogP contribution in [0.15, 0.2) is 47.6 Å². The highest BCUT2D eigenvalue weighted by Gasteiger charge is 2.25. The minimum absolute atomic E-state index is 0.0973. The van der Waals surface area contributed by atoms with E-state index in [1.165, 1.54) is 12.4 Å². The first-order valence-corrected chi connectivity index (χ1v) is 10.8. The van der Waals surface area contributed by atoms with E-state index in [9.17, 15) is 13.2 Å². The molecule has 2 aromatic rings. The Balaban J connectivity index is 1.68. The van der Waals surface area contributed by atoms with Gasteiger partial charge in [0.05, 0.1) is 10.5 Å². The molecule has 0 saturated carbocycles. The lowest BCUT2D eigenvalue weighted by Crippen LogP contribution is -2.38. The van der Waals surface area contributed by atoms with Gasteiger partial charge in [-0.3, -0.25) is 4.79 Å². The summed E-state index contributed by atoms with van der Waals surface area (Å²) in [5, 5.41) is 3.17. The Morgan fingerprint density at radius 3 is 2.44 bits per heavy atom. The summed E-state index contributed by atoms with van der Waals surface area (Å²) in [5.74, 6) is 0.549. The number of hydrogen-bond acceptors (Lipinski definition) is 4. The molecule has 0 spiro atoms. The second-order valence-electron chi connectivity index (χ2n) is 7.18. The standard InChI is InChI=1S/C20H27N3O3S/c1-16-3-5-19(6-4-16)27(25,26)23-14-10-18(15-23)20(24)22-12-8-17(9-13-22)7-11-21-2/h3-6,10,14-15,17,21H,7-9,11-13H2,1-2H3. The van der Waals surface area contributed by atoms with E-state index in [0.717, 1.165) is 48.4 Å². The predicted molar refractivity (Wildman–Crippen MR) is 105 cm³/mol. The molecule has 2 heterocycles. The third-order valence-corrected chi connectivity index (χ3v) is 6.87. The number of hydrogen-bond donors (Lipinski definition) is 1. The van der Waals surface area contributed by atoms with Crippen LogP contribution in [-0.2, 0) is 10.0 Å². The highest BCUT2D eigenvalue weighted by atomic mass is 32.2. The van der Waals surface area contributed by atoms with Gasteiger partial charge in [-0.1, -0.05) is 17.7 Å². The number of piperidine rings is 1. The van der Waals surface area contributed by atoms with Crippen molar-refractivity contribution in [2.75, 3.05) is 26.7 Å². The van der Waals surface area contributed by atoms with Gasteiger partial charge in [0.1, 0.15) is 0 Å². The maximum absolute atomic E-state index is 12.7. The number of benzene rings is 1. The lowest BCUT2D eigenvalue weighted by Gasteiger charge is -2.31. The highest BCUT2D eigenvalue weighted by Crippen LogP contribution is 2.22. The van der Waals surface area contributed by atoms with Gasteiger partial charge in [-0.2, -0.15) is 0 Å². The molecular weight excluding hydrogens is 362 g/mol. The Bertz CT molecular complexity index is 879. The number of nitrogens with zero attached hydrogens (tertiary/aromatic N) is 2. The molecule has 6 nitrogen and oxygen atoms in total. The van der Waals surface area contributed by atoms with E-state index in [1.54, 1.807) is 30.3 Å². The van der Waals surface area contributed by atoms with Crippen LogP contribution in [0.4, 0.5) is 0 Å². The molecule has 146 valence electrons.